The molecule has 0 aromatic heterocycles. The summed E-state index contributed by atoms with van der Waals surface area (Å²) >= 11 is 9.16. The lowest BCUT2D eigenvalue weighted by Crippen LogP contribution is -2.01. The van der Waals surface area contributed by atoms with Gasteiger partial charge in [0.15, 0.2) is 0 Å². The normalized spacial score (nSPS) is 10.5. The lowest BCUT2D eigenvalue weighted by Gasteiger charge is -2.11. The van der Waals surface area contributed by atoms with Gasteiger partial charge in [-0.15, -0.1) is 0 Å². The van der Waals surface area contributed by atoms with Crippen LogP contribution < -0.4 is 4.74 Å². The number of alkyl halides is 1. The van der Waals surface area contributed by atoms with Crippen molar-refractivity contribution in [3.05, 3.63) is 63.9 Å². The molecule has 0 heterocycles. The zero-order valence-electron chi connectivity index (χ0n) is 10.4. The molecule has 100 valence electrons. The molecule has 0 aliphatic rings. The van der Waals surface area contributed by atoms with E-state index < -0.39 is 5.82 Å². The predicted molar refractivity (Wildman–Crippen MR) is 79.6 cm³/mol. The van der Waals surface area contributed by atoms with E-state index in [-0.39, 0.29) is 11.6 Å². The van der Waals surface area contributed by atoms with E-state index >= 15 is 0 Å². The molecule has 0 saturated heterocycles. The van der Waals surface area contributed by atoms with Gasteiger partial charge in [0.2, 0.25) is 0 Å². The van der Waals surface area contributed by atoms with Crippen LogP contribution >= 0.6 is 27.5 Å². The van der Waals surface area contributed by atoms with E-state index in [2.05, 4.69) is 15.9 Å². The molecular weight excluding hydrogens is 331 g/mol. The molecule has 0 N–H and O–H groups in total. The first-order valence-electron chi connectivity index (χ1n) is 5.83. The van der Waals surface area contributed by atoms with Crippen LogP contribution in [0.3, 0.4) is 0 Å². The van der Waals surface area contributed by atoms with Gasteiger partial charge in [-0.1, -0.05) is 57.4 Å². The summed E-state index contributed by atoms with van der Waals surface area (Å²) in [5.74, 6) is 0.332. The summed E-state index contributed by atoms with van der Waals surface area (Å²) in [5.41, 5.74) is 2.66. The first kappa shape index (κ1) is 14.4. The van der Waals surface area contributed by atoms with Crippen molar-refractivity contribution in [1.29, 1.82) is 0 Å². The minimum Gasteiger partial charge on any atom is -0.488 e. The minimum atomic E-state index is -0.420. The average Bonchev–Trinajstić information content (AvgIpc) is 2.41. The van der Waals surface area contributed by atoms with Gasteiger partial charge in [-0.2, -0.15) is 0 Å². The molecule has 0 fully saturated rings. The first-order chi connectivity index (χ1) is 9.11. The number of hydrogen-bond donors (Lipinski definition) is 0. The van der Waals surface area contributed by atoms with Crippen molar-refractivity contribution in [3.8, 4) is 5.75 Å². The predicted octanol–water partition coefficient (Wildman–Crippen LogP) is 5.26. The molecule has 0 spiro atoms. The molecule has 2 aromatic rings. The summed E-state index contributed by atoms with van der Waals surface area (Å²) in [7, 11) is 0. The van der Waals surface area contributed by atoms with Gasteiger partial charge in [-0.05, 0) is 19.1 Å². The lowest BCUT2D eigenvalue weighted by atomic mass is 10.1. The van der Waals surface area contributed by atoms with Crippen LogP contribution in [0, 0.1) is 12.7 Å². The summed E-state index contributed by atoms with van der Waals surface area (Å²) in [6.07, 6.45) is 0. The molecule has 0 aliphatic carbocycles. The number of hydrogen-bond acceptors (Lipinski definition) is 1. The van der Waals surface area contributed by atoms with Crippen molar-refractivity contribution < 1.29 is 9.13 Å². The molecule has 0 bridgehead atoms. The van der Waals surface area contributed by atoms with Gasteiger partial charge in [0.05, 0.1) is 5.02 Å². The summed E-state index contributed by atoms with van der Waals surface area (Å²) < 4.78 is 19.4. The molecule has 19 heavy (non-hydrogen) atoms. The smallest absolute Gasteiger partial charge is 0.148 e. The molecule has 1 nitrogen and oxygen atoms in total. The van der Waals surface area contributed by atoms with E-state index in [0.29, 0.717) is 10.9 Å². The highest BCUT2D eigenvalue weighted by atomic mass is 79.9. The van der Waals surface area contributed by atoms with Crippen molar-refractivity contribution in [3.63, 3.8) is 0 Å². The van der Waals surface area contributed by atoms with Gasteiger partial charge >= 0.3 is 0 Å². The molecule has 0 amide bonds. The van der Waals surface area contributed by atoms with Crippen molar-refractivity contribution in [2.24, 2.45) is 0 Å². The van der Waals surface area contributed by atoms with Gasteiger partial charge < -0.3 is 4.74 Å². The molecule has 0 unspecified atom stereocenters. The Morgan fingerprint density at radius 1 is 1.21 bits per heavy atom. The Bertz CT molecular complexity index is 586. The zero-order valence-corrected chi connectivity index (χ0v) is 12.8. The standard InChI is InChI=1S/C15H13BrClFO/c1-10-5-6-14(12(7-10)8-16)19-9-11-3-2-4-13(17)15(11)18/h2-7H,8-9H2,1H3. The van der Waals surface area contributed by atoms with Crippen molar-refractivity contribution in [2.75, 3.05) is 0 Å². The fourth-order valence-electron chi connectivity index (χ4n) is 1.77. The van der Waals surface area contributed by atoms with Gasteiger partial charge in [-0.3, -0.25) is 0 Å². The van der Waals surface area contributed by atoms with Gasteiger partial charge in [-0.25, -0.2) is 4.39 Å². The highest BCUT2D eigenvalue weighted by Gasteiger charge is 2.08. The second-order valence-corrected chi connectivity index (χ2v) is 5.21. The average molecular weight is 344 g/mol. The maximum Gasteiger partial charge on any atom is 0.148 e. The van der Waals surface area contributed by atoms with Crippen molar-refractivity contribution >= 4 is 27.5 Å². The van der Waals surface area contributed by atoms with E-state index in [1.807, 2.05) is 25.1 Å². The summed E-state index contributed by atoms with van der Waals surface area (Å²) in [6, 6.07) is 10.8. The number of ether oxygens (including phenoxy) is 1. The number of halogens is 3. The second-order valence-electron chi connectivity index (χ2n) is 4.25. The highest BCUT2D eigenvalue weighted by molar-refractivity contribution is 9.08. The number of aryl methyl sites for hydroxylation is 1. The van der Waals surface area contributed by atoms with Gasteiger partial charge in [0, 0.05) is 16.5 Å². The topological polar surface area (TPSA) is 9.23 Å². The molecule has 0 radical (unpaired) electrons. The first-order valence-corrected chi connectivity index (χ1v) is 7.33. The molecule has 0 aliphatic heterocycles. The second kappa shape index (κ2) is 6.40. The van der Waals surface area contributed by atoms with Crippen LogP contribution in [-0.4, -0.2) is 0 Å². The Morgan fingerprint density at radius 2 is 2.00 bits per heavy atom. The van der Waals surface area contributed by atoms with Crippen LogP contribution in [0.4, 0.5) is 4.39 Å². The van der Waals surface area contributed by atoms with Crippen LogP contribution in [0.15, 0.2) is 36.4 Å². The Morgan fingerprint density at radius 3 is 2.74 bits per heavy atom. The monoisotopic (exact) mass is 342 g/mol. The van der Waals surface area contributed by atoms with Crippen molar-refractivity contribution in [1.82, 2.24) is 0 Å². The molecule has 0 saturated carbocycles. The maximum absolute atomic E-state index is 13.7. The van der Waals surface area contributed by atoms with Crippen LogP contribution in [0.2, 0.25) is 5.02 Å². The minimum absolute atomic E-state index is 0.116. The summed E-state index contributed by atoms with van der Waals surface area (Å²) in [4.78, 5) is 0. The van der Waals surface area contributed by atoms with Crippen LogP contribution in [0.25, 0.3) is 0 Å². The maximum atomic E-state index is 13.7. The Hall–Kier alpha value is -1.06. The van der Waals surface area contributed by atoms with Crippen molar-refractivity contribution in [2.45, 2.75) is 18.9 Å². The third-order valence-corrected chi connectivity index (χ3v) is 3.67. The zero-order chi connectivity index (χ0) is 13.8. The quantitative estimate of drug-likeness (QED) is 0.688. The largest absolute Gasteiger partial charge is 0.488 e. The van der Waals surface area contributed by atoms with Gasteiger partial charge in [0.25, 0.3) is 0 Å². The third kappa shape index (κ3) is 3.48. The fourth-order valence-corrected chi connectivity index (χ4v) is 2.40. The Labute approximate surface area is 125 Å². The van der Waals surface area contributed by atoms with E-state index in [4.69, 9.17) is 16.3 Å². The van der Waals surface area contributed by atoms with Crippen LogP contribution in [-0.2, 0) is 11.9 Å². The van der Waals surface area contributed by atoms with E-state index in [1.165, 1.54) is 6.07 Å². The molecule has 4 heteroatoms. The summed E-state index contributed by atoms with van der Waals surface area (Å²) in [5, 5.41) is 0.813. The lowest BCUT2D eigenvalue weighted by molar-refractivity contribution is 0.297. The summed E-state index contributed by atoms with van der Waals surface area (Å²) in [6.45, 7) is 2.18. The SMILES string of the molecule is Cc1ccc(OCc2cccc(Cl)c2F)c(CBr)c1. The number of benzene rings is 2. The molecule has 2 rings (SSSR count). The Balaban J connectivity index is 2.17. The molecule has 2 aromatic carbocycles. The van der Waals surface area contributed by atoms with E-state index in [9.17, 15) is 4.39 Å². The van der Waals surface area contributed by atoms with Gasteiger partial charge in [0.1, 0.15) is 18.2 Å². The van der Waals surface area contributed by atoms with Crippen LogP contribution in [0.5, 0.6) is 5.75 Å². The van der Waals surface area contributed by atoms with E-state index in [1.54, 1.807) is 12.1 Å². The van der Waals surface area contributed by atoms with E-state index in [0.717, 1.165) is 16.9 Å². The molecular formula is C15H13BrClFO. The Kier molecular flexibility index (Phi) is 4.83. The third-order valence-electron chi connectivity index (χ3n) is 2.77. The fraction of sp³-hybridized carbons (Fsp3) is 0.200. The van der Waals surface area contributed by atoms with Crippen LogP contribution in [0.1, 0.15) is 16.7 Å². The number of rotatable bonds is 4. The molecule has 0 atom stereocenters. The highest BCUT2D eigenvalue weighted by Crippen LogP contribution is 2.25.